The average Bonchev–Trinajstić information content (AvgIpc) is 2.77. The third-order valence-electron chi connectivity index (χ3n) is 8.02. The average molecular weight is 717 g/mol. The summed E-state index contributed by atoms with van der Waals surface area (Å²) in [6.45, 7) is 24.4. The highest BCUT2D eigenvalue weighted by atomic mass is 32.2. The molecule has 1 aliphatic carbocycles. The number of halogens is 8. The summed E-state index contributed by atoms with van der Waals surface area (Å²) in [5.74, 6) is 0. The van der Waals surface area contributed by atoms with Gasteiger partial charge in [-0.2, -0.15) is 0 Å². The van der Waals surface area contributed by atoms with Gasteiger partial charge in [0.05, 0.1) is 25.0 Å². The number of benzene rings is 2. The van der Waals surface area contributed by atoms with Crippen molar-refractivity contribution in [2.75, 3.05) is 25.0 Å². The fraction of sp³-hybridized carbons (Fsp3) is 0.636. The van der Waals surface area contributed by atoms with Crippen LogP contribution in [0.5, 0.6) is 0 Å². The zero-order valence-corrected chi connectivity index (χ0v) is 32.7. The molecule has 0 nitrogen and oxygen atoms in total. The smallest absolute Gasteiger partial charge is 0.418 e. The van der Waals surface area contributed by atoms with Crippen molar-refractivity contribution in [1.82, 2.24) is 0 Å². The fourth-order valence-electron chi connectivity index (χ4n) is 5.62. The summed E-state index contributed by atoms with van der Waals surface area (Å²) in [7, 11) is -12.7. The van der Waals surface area contributed by atoms with Crippen molar-refractivity contribution in [1.29, 1.82) is 0 Å². The zero-order valence-electron chi connectivity index (χ0n) is 30.1. The molecule has 2 unspecified atom stereocenters. The first-order valence-electron chi connectivity index (χ1n) is 15.5. The van der Waals surface area contributed by atoms with Crippen LogP contribution in [-0.2, 0) is 51.5 Å². The Morgan fingerprint density at radius 2 is 0.913 bits per heavy atom. The van der Waals surface area contributed by atoms with E-state index >= 15 is 0 Å². The molecule has 46 heavy (non-hydrogen) atoms. The molecule has 0 amide bonds. The highest BCUT2D eigenvalue weighted by molar-refractivity contribution is 7.96. The van der Waals surface area contributed by atoms with Gasteiger partial charge in [-0.3, -0.25) is 0 Å². The molecule has 0 radical (unpaired) electrons. The van der Waals surface area contributed by atoms with Gasteiger partial charge in [0.2, 0.25) is 0 Å². The third-order valence-corrected chi connectivity index (χ3v) is 12.6. The lowest BCUT2D eigenvalue weighted by Gasteiger charge is -2.33. The second-order valence-corrected chi connectivity index (χ2v) is 26.1. The minimum absolute atomic E-state index is 0.157. The zero-order chi connectivity index (χ0) is 36.4. The first-order valence-corrected chi connectivity index (χ1v) is 23.4. The van der Waals surface area contributed by atoms with Crippen molar-refractivity contribution < 1.29 is 34.5 Å². The Kier molecular flexibility index (Phi) is 14.6. The molecule has 3 rings (SSSR count). The maximum absolute atomic E-state index is 9.75. The Hall–Kier alpha value is -1.07. The summed E-state index contributed by atoms with van der Waals surface area (Å²) in [6, 6.07) is 11.7. The fourth-order valence-corrected chi connectivity index (χ4v) is 9.55. The van der Waals surface area contributed by atoms with Gasteiger partial charge in [0.1, 0.15) is 10.5 Å². The Labute approximate surface area is 280 Å². The summed E-state index contributed by atoms with van der Waals surface area (Å²) >= 11 is 0. The van der Waals surface area contributed by atoms with Crippen LogP contribution in [0.3, 0.4) is 0 Å². The summed E-state index contributed by atoms with van der Waals surface area (Å²) < 4.78 is 78.0. The van der Waals surface area contributed by atoms with Crippen LogP contribution < -0.4 is 0 Å². The van der Waals surface area contributed by atoms with E-state index in [-0.39, 0.29) is 10.8 Å². The van der Waals surface area contributed by atoms with E-state index in [1.807, 2.05) is 0 Å². The van der Waals surface area contributed by atoms with Crippen molar-refractivity contribution in [3.63, 3.8) is 0 Å². The predicted molar refractivity (Wildman–Crippen MR) is 194 cm³/mol. The van der Waals surface area contributed by atoms with Crippen LogP contribution in [0.25, 0.3) is 0 Å². The van der Waals surface area contributed by atoms with Gasteiger partial charge < -0.3 is 34.5 Å². The van der Waals surface area contributed by atoms with Gasteiger partial charge in [0.15, 0.2) is 0 Å². The molecule has 13 heteroatoms. The van der Waals surface area contributed by atoms with Crippen LogP contribution in [0, 0.1) is 6.92 Å². The molecule has 2 aromatic rings. The topological polar surface area (TPSA) is 0 Å². The minimum Gasteiger partial charge on any atom is -0.418 e. The second kappa shape index (κ2) is 15.6. The molecule has 0 fully saturated rings. The van der Waals surface area contributed by atoms with E-state index in [1.165, 1.54) is 30.0 Å². The number of hydrogen-bond donors (Lipinski definition) is 0. The molecule has 2 atom stereocenters. The standard InChI is InChI=1S/C33H54S2Si.2BF4/c1-22-23-15-25(32(2,3)4)16-24(22)18-31(35(10)11)28-20-26(33(5,6)7)19-27(30(17-23)34(8)9)29(28)21-36(12,13)14;2*2-1(3,4)5/h15-16,19-20,30-31H,17-18,21H2,1-14H3;;/q+2;2*-1. The lowest BCUT2D eigenvalue weighted by molar-refractivity contribution is 0.366. The highest BCUT2D eigenvalue weighted by Crippen LogP contribution is 2.43. The van der Waals surface area contributed by atoms with Crippen molar-refractivity contribution in [3.8, 4) is 0 Å². The van der Waals surface area contributed by atoms with Crippen molar-refractivity contribution in [2.24, 2.45) is 0 Å². The molecule has 2 aromatic carbocycles. The van der Waals surface area contributed by atoms with Crippen molar-refractivity contribution in [3.05, 3.63) is 68.8 Å². The molecular formula is C33H54B2F8S2Si. The molecule has 0 aliphatic heterocycles. The van der Waals surface area contributed by atoms with Crippen LogP contribution in [0.2, 0.25) is 19.6 Å². The van der Waals surface area contributed by atoms with Crippen LogP contribution in [0.4, 0.5) is 34.5 Å². The molecular weight excluding hydrogens is 662 g/mol. The molecule has 0 aromatic heterocycles. The number of fused-ring (bicyclic) bond motifs is 4. The first kappa shape index (κ1) is 42.9. The highest BCUT2D eigenvalue weighted by Gasteiger charge is 2.38. The van der Waals surface area contributed by atoms with Gasteiger partial charge in [-0.1, -0.05) is 73.3 Å². The van der Waals surface area contributed by atoms with Crippen LogP contribution in [0.1, 0.15) is 96.5 Å². The first-order chi connectivity index (χ1) is 20.3. The van der Waals surface area contributed by atoms with Crippen LogP contribution >= 0.6 is 0 Å². The van der Waals surface area contributed by atoms with Crippen LogP contribution in [0.15, 0.2) is 24.3 Å². The van der Waals surface area contributed by atoms with E-state index in [0.717, 1.165) is 0 Å². The molecule has 264 valence electrons. The van der Waals surface area contributed by atoms with Gasteiger partial charge in [-0.05, 0) is 91.1 Å². The second-order valence-electron chi connectivity index (χ2n) is 15.9. The molecule has 0 spiro atoms. The van der Waals surface area contributed by atoms with E-state index < -0.39 is 22.6 Å². The number of hydrogen-bond acceptors (Lipinski definition) is 0. The maximum atomic E-state index is 9.75. The predicted octanol–water partition coefficient (Wildman–Crippen LogP) is 11.2. The Balaban J connectivity index is 0.000000919. The summed E-state index contributed by atoms with van der Waals surface area (Å²) in [5, 5.41) is 1.15. The largest absolute Gasteiger partial charge is 0.673 e. The molecule has 4 bridgehead atoms. The van der Waals surface area contributed by atoms with Crippen LogP contribution in [-0.4, -0.2) is 47.6 Å². The van der Waals surface area contributed by atoms with Crippen molar-refractivity contribution >= 4 is 44.4 Å². The maximum Gasteiger partial charge on any atom is 0.673 e. The summed E-state index contributed by atoms with van der Waals surface area (Å²) in [5.41, 5.74) is 13.2. The Bertz CT molecular complexity index is 1220. The molecule has 0 saturated carbocycles. The molecule has 0 N–H and O–H groups in total. The molecule has 1 aliphatic rings. The van der Waals surface area contributed by atoms with E-state index in [1.54, 1.807) is 33.4 Å². The molecule has 0 saturated heterocycles. The number of rotatable bonds is 4. The van der Waals surface area contributed by atoms with Gasteiger partial charge in [-0.15, -0.1) is 0 Å². The van der Waals surface area contributed by atoms with E-state index in [2.05, 4.69) is 117 Å². The quantitative estimate of drug-likeness (QED) is 0.168. The Morgan fingerprint density at radius 3 is 1.15 bits per heavy atom. The lowest BCUT2D eigenvalue weighted by Crippen LogP contribution is -2.30. The van der Waals surface area contributed by atoms with Gasteiger partial charge >= 0.3 is 14.5 Å². The molecule has 0 heterocycles. The SMILES string of the molecule is Cc1c2cc(C(C)(C)C)cc1CC([S+](C)C)c1cc(C(C)(C)C)cc(c1C[Si](C)(C)C)C([S+](C)C)C2.F[B-](F)(F)F.F[B-](F)(F)F. The third kappa shape index (κ3) is 14.6. The van der Waals surface area contributed by atoms with E-state index in [0.29, 0.717) is 32.3 Å². The van der Waals surface area contributed by atoms with Crippen molar-refractivity contribution in [2.45, 2.75) is 108 Å². The van der Waals surface area contributed by atoms with Gasteiger partial charge in [-0.25, -0.2) is 0 Å². The van der Waals surface area contributed by atoms with Gasteiger partial charge in [0.25, 0.3) is 0 Å². The lowest BCUT2D eigenvalue weighted by atomic mass is 9.78. The van der Waals surface area contributed by atoms with Gasteiger partial charge in [0, 0.05) is 32.0 Å². The van der Waals surface area contributed by atoms with E-state index in [4.69, 9.17) is 0 Å². The normalized spacial score (nSPS) is 17.7. The Morgan fingerprint density at radius 1 is 0.630 bits per heavy atom. The minimum atomic E-state index is -6.00. The summed E-state index contributed by atoms with van der Waals surface area (Å²) in [4.78, 5) is 0. The van der Waals surface area contributed by atoms with E-state index in [9.17, 15) is 34.5 Å². The monoisotopic (exact) mass is 716 g/mol. The summed E-state index contributed by atoms with van der Waals surface area (Å²) in [6.07, 6.45) is 12.3.